The first kappa shape index (κ1) is 14.4. The quantitative estimate of drug-likeness (QED) is 0.647. The van der Waals surface area contributed by atoms with Gasteiger partial charge in [0.25, 0.3) is 0 Å². The number of nitrogens with zero attached hydrogens (tertiary/aromatic N) is 1. The van der Waals surface area contributed by atoms with Crippen LogP contribution in [-0.4, -0.2) is 44.0 Å². The van der Waals surface area contributed by atoms with Crippen molar-refractivity contribution in [3.05, 3.63) is 0 Å². The van der Waals surface area contributed by atoms with Crippen LogP contribution in [0.1, 0.15) is 26.7 Å². The van der Waals surface area contributed by atoms with Gasteiger partial charge < -0.3 is 16.0 Å². The van der Waals surface area contributed by atoms with Gasteiger partial charge in [0.05, 0.1) is 0 Å². The van der Waals surface area contributed by atoms with Crippen molar-refractivity contribution >= 4 is 5.91 Å². The Kier molecular flexibility index (Phi) is 7.34. The van der Waals surface area contributed by atoms with E-state index in [1.165, 1.54) is 0 Å². The van der Waals surface area contributed by atoms with Gasteiger partial charge in [-0.05, 0) is 40.4 Å². The second-order valence-electron chi connectivity index (χ2n) is 4.50. The third kappa shape index (κ3) is 7.33. The molecule has 15 heavy (non-hydrogen) atoms. The first-order chi connectivity index (χ1) is 6.97. The van der Waals surface area contributed by atoms with Crippen LogP contribution in [0.3, 0.4) is 0 Å². The maximum atomic E-state index is 11.7. The molecule has 0 aliphatic rings. The number of hydrogen-bond acceptors (Lipinski definition) is 3. The normalized spacial score (nSPS) is 15.1. The monoisotopic (exact) mass is 215 g/mol. The van der Waals surface area contributed by atoms with E-state index in [0.29, 0.717) is 6.54 Å². The average molecular weight is 215 g/mol. The molecular formula is C11H25N3O. The molecule has 4 nitrogen and oxygen atoms in total. The molecule has 2 unspecified atom stereocenters. The molecule has 0 radical (unpaired) electrons. The fourth-order valence-corrected chi connectivity index (χ4v) is 1.53. The van der Waals surface area contributed by atoms with Gasteiger partial charge in [-0.25, -0.2) is 0 Å². The number of likely N-dealkylation sites (N-methyl/N-ethyl adjacent to an activating group) is 1. The Labute approximate surface area is 93.2 Å². The third-order valence-corrected chi connectivity index (χ3v) is 2.32. The van der Waals surface area contributed by atoms with E-state index in [9.17, 15) is 4.79 Å². The predicted octanol–water partition coefficient (Wildman–Crippen LogP) is 0.428. The van der Waals surface area contributed by atoms with Crippen molar-refractivity contribution in [3.8, 4) is 0 Å². The lowest BCUT2D eigenvalue weighted by atomic mass is 10.0. The van der Waals surface area contributed by atoms with E-state index < -0.39 is 0 Å². The number of nitrogens with two attached hydrogens (primary N) is 1. The van der Waals surface area contributed by atoms with E-state index in [0.717, 1.165) is 19.4 Å². The minimum absolute atomic E-state index is 0.0677. The summed E-state index contributed by atoms with van der Waals surface area (Å²) in [6, 6.07) is 0.202. The lowest BCUT2D eigenvalue weighted by Gasteiger charge is -2.20. The van der Waals surface area contributed by atoms with Crippen LogP contribution in [-0.2, 0) is 4.79 Å². The molecule has 0 spiro atoms. The molecule has 4 heteroatoms. The summed E-state index contributed by atoms with van der Waals surface area (Å²) in [7, 11) is 4.00. The van der Waals surface area contributed by atoms with E-state index >= 15 is 0 Å². The average Bonchev–Trinajstić information content (AvgIpc) is 2.12. The van der Waals surface area contributed by atoms with Crippen molar-refractivity contribution in [1.29, 1.82) is 0 Å². The highest BCUT2D eigenvalue weighted by molar-refractivity contribution is 5.78. The minimum atomic E-state index is 0.0677. The summed E-state index contributed by atoms with van der Waals surface area (Å²) < 4.78 is 0. The van der Waals surface area contributed by atoms with Gasteiger partial charge in [-0.15, -0.1) is 0 Å². The maximum Gasteiger partial charge on any atom is 0.223 e. The molecule has 0 aromatic rings. The Bertz CT molecular complexity index is 183. The first-order valence-electron chi connectivity index (χ1n) is 5.62. The molecule has 0 saturated carbocycles. The van der Waals surface area contributed by atoms with Crippen LogP contribution in [0, 0.1) is 5.92 Å². The Morgan fingerprint density at radius 3 is 2.47 bits per heavy atom. The van der Waals surface area contributed by atoms with Crippen LogP contribution < -0.4 is 11.1 Å². The SMILES string of the molecule is CC(CN(C)C)NC(=O)C(C)CCCN. The van der Waals surface area contributed by atoms with Crippen molar-refractivity contribution in [2.75, 3.05) is 27.2 Å². The summed E-state index contributed by atoms with van der Waals surface area (Å²) in [6.45, 7) is 5.50. The van der Waals surface area contributed by atoms with Crippen LogP contribution in [0.5, 0.6) is 0 Å². The van der Waals surface area contributed by atoms with Gasteiger partial charge in [-0.2, -0.15) is 0 Å². The molecule has 0 aliphatic heterocycles. The number of hydrogen-bond donors (Lipinski definition) is 2. The van der Waals surface area contributed by atoms with E-state index in [4.69, 9.17) is 5.73 Å². The number of carbonyl (C=O) groups is 1. The third-order valence-electron chi connectivity index (χ3n) is 2.32. The van der Waals surface area contributed by atoms with Crippen molar-refractivity contribution in [2.45, 2.75) is 32.7 Å². The Hall–Kier alpha value is -0.610. The molecule has 3 N–H and O–H groups in total. The van der Waals surface area contributed by atoms with Crippen LogP contribution >= 0.6 is 0 Å². The second kappa shape index (κ2) is 7.65. The summed E-state index contributed by atoms with van der Waals surface area (Å²) in [5.41, 5.74) is 5.41. The molecule has 0 heterocycles. The molecular weight excluding hydrogens is 190 g/mol. The standard InChI is InChI=1S/C11H25N3O/c1-9(6-5-7-12)11(15)13-10(2)8-14(3)4/h9-10H,5-8,12H2,1-4H3,(H,13,15). The van der Waals surface area contributed by atoms with Gasteiger partial charge >= 0.3 is 0 Å². The summed E-state index contributed by atoms with van der Waals surface area (Å²) in [4.78, 5) is 13.7. The topological polar surface area (TPSA) is 58.4 Å². The predicted molar refractivity (Wildman–Crippen MR) is 63.6 cm³/mol. The number of nitrogens with one attached hydrogen (secondary N) is 1. The van der Waals surface area contributed by atoms with E-state index in [2.05, 4.69) is 10.2 Å². The highest BCUT2D eigenvalue weighted by atomic mass is 16.1. The number of rotatable bonds is 7. The molecule has 0 rings (SSSR count). The molecule has 0 fully saturated rings. The van der Waals surface area contributed by atoms with E-state index in [-0.39, 0.29) is 17.9 Å². The summed E-state index contributed by atoms with van der Waals surface area (Å²) >= 11 is 0. The highest BCUT2D eigenvalue weighted by Gasteiger charge is 2.14. The van der Waals surface area contributed by atoms with Crippen molar-refractivity contribution < 1.29 is 4.79 Å². The van der Waals surface area contributed by atoms with Gasteiger partial charge in [-0.3, -0.25) is 4.79 Å². The molecule has 0 bridgehead atoms. The smallest absolute Gasteiger partial charge is 0.223 e. The van der Waals surface area contributed by atoms with Gasteiger partial charge in [0.2, 0.25) is 5.91 Å². The summed E-state index contributed by atoms with van der Waals surface area (Å²) in [5.74, 6) is 0.205. The summed E-state index contributed by atoms with van der Waals surface area (Å²) in [6.07, 6.45) is 1.79. The van der Waals surface area contributed by atoms with Crippen molar-refractivity contribution in [2.24, 2.45) is 11.7 Å². The zero-order chi connectivity index (χ0) is 11.8. The fourth-order valence-electron chi connectivity index (χ4n) is 1.53. The largest absolute Gasteiger partial charge is 0.352 e. The minimum Gasteiger partial charge on any atom is -0.352 e. The molecule has 0 aromatic carbocycles. The molecule has 0 saturated heterocycles. The van der Waals surface area contributed by atoms with Crippen LogP contribution in [0.4, 0.5) is 0 Å². The van der Waals surface area contributed by atoms with E-state index in [1.807, 2.05) is 27.9 Å². The lowest BCUT2D eigenvalue weighted by molar-refractivity contribution is -0.125. The maximum absolute atomic E-state index is 11.7. The highest BCUT2D eigenvalue weighted by Crippen LogP contribution is 2.04. The van der Waals surface area contributed by atoms with Crippen LogP contribution in [0.15, 0.2) is 0 Å². The van der Waals surface area contributed by atoms with Crippen LogP contribution in [0.25, 0.3) is 0 Å². The molecule has 90 valence electrons. The zero-order valence-corrected chi connectivity index (χ0v) is 10.4. The number of amides is 1. The summed E-state index contributed by atoms with van der Waals surface area (Å²) in [5, 5.41) is 3.00. The van der Waals surface area contributed by atoms with Crippen molar-refractivity contribution in [3.63, 3.8) is 0 Å². The van der Waals surface area contributed by atoms with Gasteiger partial charge in [0.1, 0.15) is 0 Å². The van der Waals surface area contributed by atoms with Gasteiger partial charge in [0.15, 0.2) is 0 Å². The number of carbonyl (C=O) groups excluding carboxylic acids is 1. The molecule has 0 aliphatic carbocycles. The van der Waals surface area contributed by atoms with E-state index in [1.54, 1.807) is 0 Å². The lowest BCUT2D eigenvalue weighted by Crippen LogP contribution is -2.41. The van der Waals surface area contributed by atoms with Gasteiger partial charge in [0, 0.05) is 18.5 Å². The Morgan fingerprint density at radius 2 is 2.00 bits per heavy atom. The molecule has 1 amide bonds. The van der Waals surface area contributed by atoms with Crippen LogP contribution in [0.2, 0.25) is 0 Å². The Morgan fingerprint density at radius 1 is 1.40 bits per heavy atom. The Balaban J connectivity index is 3.80. The first-order valence-corrected chi connectivity index (χ1v) is 5.62. The zero-order valence-electron chi connectivity index (χ0n) is 10.4. The second-order valence-corrected chi connectivity index (χ2v) is 4.50. The molecule has 0 aromatic heterocycles. The van der Waals surface area contributed by atoms with Crippen molar-refractivity contribution in [1.82, 2.24) is 10.2 Å². The molecule has 2 atom stereocenters. The fraction of sp³-hybridized carbons (Fsp3) is 0.909. The van der Waals surface area contributed by atoms with Gasteiger partial charge in [-0.1, -0.05) is 6.92 Å².